The van der Waals surface area contributed by atoms with E-state index in [-0.39, 0.29) is 5.91 Å². The van der Waals surface area contributed by atoms with Gasteiger partial charge in [-0.25, -0.2) is 0 Å². The van der Waals surface area contributed by atoms with E-state index < -0.39 is 0 Å². The molecule has 2 heterocycles. The summed E-state index contributed by atoms with van der Waals surface area (Å²) in [5.41, 5.74) is 0. The van der Waals surface area contributed by atoms with Crippen LogP contribution in [0.1, 0.15) is 52.0 Å². The number of hydrogen-bond acceptors (Lipinski definition) is 5. The molecule has 1 amide bonds. The van der Waals surface area contributed by atoms with Crippen LogP contribution in [0.15, 0.2) is 22.7 Å². The molecule has 7 heteroatoms. The molecule has 0 aliphatic heterocycles. The zero-order chi connectivity index (χ0) is 18.1. The summed E-state index contributed by atoms with van der Waals surface area (Å²) in [4.78, 5) is 13.6. The summed E-state index contributed by atoms with van der Waals surface area (Å²) in [6, 6.07) is 4.93. The maximum atomic E-state index is 12.5. The predicted octanol–water partition coefficient (Wildman–Crippen LogP) is 4.37. The molecule has 2 aromatic rings. The van der Waals surface area contributed by atoms with Crippen LogP contribution in [-0.4, -0.2) is 32.5 Å². The predicted molar refractivity (Wildman–Crippen MR) is 106 cm³/mol. The Kier molecular flexibility index (Phi) is 5.36. The summed E-state index contributed by atoms with van der Waals surface area (Å²) < 4.78 is 2.23. The van der Waals surface area contributed by atoms with Crippen molar-refractivity contribution in [2.24, 2.45) is 11.8 Å². The second-order valence-corrected chi connectivity index (χ2v) is 9.50. The summed E-state index contributed by atoms with van der Waals surface area (Å²) in [5, 5.41) is 15.0. The molecule has 0 radical (unpaired) electrons. The smallest absolute Gasteiger partial charge is 0.230 e. The van der Waals surface area contributed by atoms with Crippen LogP contribution >= 0.6 is 23.1 Å². The van der Waals surface area contributed by atoms with Gasteiger partial charge < -0.3 is 5.32 Å². The average molecular weight is 391 g/mol. The fourth-order valence-electron chi connectivity index (χ4n) is 3.78. The Balaban J connectivity index is 1.39. The normalized spacial score (nSPS) is 26.0. The Morgan fingerprint density at radius 3 is 2.88 bits per heavy atom. The molecule has 5 nitrogen and oxygen atoms in total. The number of nitrogens with one attached hydrogen (secondary N) is 1. The Labute approximate surface area is 163 Å². The summed E-state index contributed by atoms with van der Waals surface area (Å²) >= 11 is 3.20. The minimum atomic E-state index is 0.115. The van der Waals surface area contributed by atoms with Gasteiger partial charge in [0.1, 0.15) is 0 Å². The van der Waals surface area contributed by atoms with Gasteiger partial charge in [-0.1, -0.05) is 44.5 Å². The number of aromatic nitrogens is 3. The third-order valence-electron chi connectivity index (χ3n) is 5.70. The highest BCUT2D eigenvalue weighted by Gasteiger charge is 2.31. The molecule has 2 aliphatic carbocycles. The first-order valence-electron chi connectivity index (χ1n) is 9.54. The average Bonchev–Trinajstić information content (AvgIpc) is 3.16. The van der Waals surface area contributed by atoms with Crippen molar-refractivity contribution in [2.75, 3.05) is 5.75 Å². The fraction of sp³-hybridized carbons (Fsp3) is 0.632. The largest absolute Gasteiger partial charge is 0.352 e. The highest BCUT2D eigenvalue weighted by atomic mass is 32.2. The number of rotatable bonds is 6. The van der Waals surface area contributed by atoms with Crippen LogP contribution in [0.4, 0.5) is 0 Å². The third kappa shape index (κ3) is 3.83. The Morgan fingerprint density at radius 2 is 2.15 bits per heavy atom. The molecular formula is C19H26N4OS2. The van der Waals surface area contributed by atoms with E-state index in [9.17, 15) is 4.79 Å². The summed E-state index contributed by atoms with van der Waals surface area (Å²) in [6.07, 6.45) is 5.94. The number of hydrogen-bond donors (Lipinski definition) is 1. The van der Waals surface area contributed by atoms with Crippen molar-refractivity contribution < 1.29 is 4.79 Å². The van der Waals surface area contributed by atoms with Crippen molar-refractivity contribution in [3.63, 3.8) is 0 Å². The molecule has 0 aromatic carbocycles. The second-order valence-electron chi connectivity index (χ2n) is 7.61. The first-order valence-corrected chi connectivity index (χ1v) is 11.4. The van der Waals surface area contributed by atoms with E-state index in [1.165, 1.54) is 37.4 Å². The number of thioether (sulfide) groups is 1. The number of thiophene rings is 1. The Bertz CT molecular complexity index is 754. The maximum Gasteiger partial charge on any atom is 0.230 e. The van der Waals surface area contributed by atoms with Gasteiger partial charge in [-0.15, -0.1) is 21.5 Å². The summed E-state index contributed by atoms with van der Waals surface area (Å²) in [6.45, 7) is 4.56. The van der Waals surface area contributed by atoms with Crippen molar-refractivity contribution >= 4 is 29.0 Å². The zero-order valence-corrected chi connectivity index (χ0v) is 17.0. The van der Waals surface area contributed by atoms with E-state index in [2.05, 4.69) is 45.4 Å². The molecule has 140 valence electrons. The second kappa shape index (κ2) is 7.72. The molecule has 2 fully saturated rings. The third-order valence-corrected chi connectivity index (χ3v) is 7.51. The minimum Gasteiger partial charge on any atom is -0.352 e. The van der Waals surface area contributed by atoms with Gasteiger partial charge >= 0.3 is 0 Å². The first kappa shape index (κ1) is 18.0. The molecular weight excluding hydrogens is 364 g/mol. The molecule has 0 spiro atoms. The van der Waals surface area contributed by atoms with E-state index >= 15 is 0 Å². The minimum absolute atomic E-state index is 0.115. The lowest BCUT2D eigenvalue weighted by Gasteiger charge is -2.34. The molecule has 0 unspecified atom stereocenters. The van der Waals surface area contributed by atoms with Gasteiger partial charge in [-0.2, -0.15) is 0 Å². The van der Waals surface area contributed by atoms with Crippen LogP contribution in [0.5, 0.6) is 0 Å². The van der Waals surface area contributed by atoms with Gasteiger partial charge in [-0.05, 0) is 42.5 Å². The van der Waals surface area contributed by atoms with Gasteiger partial charge in [0.05, 0.1) is 10.6 Å². The molecule has 4 rings (SSSR count). The van der Waals surface area contributed by atoms with Crippen molar-refractivity contribution in [3.8, 4) is 10.7 Å². The molecule has 1 N–H and O–H groups in total. The molecule has 2 saturated carbocycles. The summed E-state index contributed by atoms with van der Waals surface area (Å²) in [7, 11) is 0. The number of nitrogens with zero attached hydrogens (tertiary/aromatic N) is 3. The Hall–Kier alpha value is -1.34. The monoisotopic (exact) mass is 390 g/mol. The van der Waals surface area contributed by atoms with E-state index in [0.717, 1.165) is 22.3 Å². The number of carbonyl (C=O) groups is 1. The molecule has 2 aromatic heterocycles. The number of amides is 1. The van der Waals surface area contributed by atoms with Crippen LogP contribution in [0.25, 0.3) is 10.7 Å². The zero-order valence-electron chi connectivity index (χ0n) is 15.4. The summed E-state index contributed by atoms with van der Waals surface area (Å²) in [5.74, 6) is 2.71. The molecule has 3 atom stereocenters. The fourth-order valence-corrected chi connectivity index (χ4v) is 5.30. The van der Waals surface area contributed by atoms with Crippen molar-refractivity contribution in [1.29, 1.82) is 0 Å². The SMILES string of the molecule is C[C@@H]1[C@@H](C)CCC[C@H]1NC(=O)CSc1nnc(-c2cccs2)n1C1CC1. The number of carbonyl (C=O) groups excluding carboxylic acids is 1. The molecule has 26 heavy (non-hydrogen) atoms. The van der Waals surface area contributed by atoms with Crippen LogP contribution < -0.4 is 5.32 Å². The molecule has 0 saturated heterocycles. The van der Waals surface area contributed by atoms with E-state index in [4.69, 9.17) is 0 Å². The highest BCUT2D eigenvalue weighted by molar-refractivity contribution is 7.99. The van der Waals surface area contributed by atoms with Crippen LogP contribution in [0.3, 0.4) is 0 Å². The van der Waals surface area contributed by atoms with E-state index in [0.29, 0.717) is 29.7 Å². The van der Waals surface area contributed by atoms with Crippen LogP contribution in [0.2, 0.25) is 0 Å². The van der Waals surface area contributed by atoms with Gasteiger partial charge in [0.2, 0.25) is 5.91 Å². The lowest BCUT2D eigenvalue weighted by Crippen LogP contribution is -2.44. The molecule has 0 bridgehead atoms. The topological polar surface area (TPSA) is 59.8 Å². The molecule has 2 aliphatic rings. The Morgan fingerprint density at radius 1 is 1.31 bits per heavy atom. The van der Waals surface area contributed by atoms with Gasteiger partial charge in [-0.3, -0.25) is 9.36 Å². The highest BCUT2D eigenvalue weighted by Crippen LogP contribution is 2.41. The van der Waals surface area contributed by atoms with Crippen molar-refractivity contribution in [2.45, 2.75) is 63.2 Å². The quantitative estimate of drug-likeness (QED) is 0.744. The van der Waals surface area contributed by atoms with Gasteiger partial charge in [0.15, 0.2) is 11.0 Å². The van der Waals surface area contributed by atoms with E-state index in [1.807, 2.05) is 6.07 Å². The maximum absolute atomic E-state index is 12.5. The van der Waals surface area contributed by atoms with E-state index in [1.54, 1.807) is 11.3 Å². The van der Waals surface area contributed by atoms with Crippen molar-refractivity contribution in [3.05, 3.63) is 17.5 Å². The standard InChI is InChI=1S/C19H26N4OS2/c1-12-5-3-6-15(13(12)2)20-17(24)11-26-19-22-21-18(16-7-4-10-25-16)23(19)14-8-9-14/h4,7,10,12-15H,3,5-6,8-9,11H2,1-2H3,(H,20,24)/t12-,13+,15+/m0/s1. The lowest BCUT2D eigenvalue weighted by atomic mass is 9.78. The lowest BCUT2D eigenvalue weighted by molar-refractivity contribution is -0.120. The van der Waals surface area contributed by atoms with Crippen molar-refractivity contribution in [1.82, 2.24) is 20.1 Å². The van der Waals surface area contributed by atoms with Gasteiger partial charge in [0, 0.05) is 12.1 Å². The van der Waals surface area contributed by atoms with Crippen LogP contribution in [0, 0.1) is 11.8 Å². The first-order chi connectivity index (χ1) is 12.6. The van der Waals surface area contributed by atoms with Crippen LogP contribution in [-0.2, 0) is 4.79 Å². The van der Waals surface area contributed by atoms with Gasteiger partial charge in [0.25, 0.3) is 0 Å².